The molecule has 0 atom stereocenters. The predicted octanol–water partition coefficient (Wildman–Crippen LogP) is 3.46. The van der Waals surface area contributed by atoms with E-state index in [1.54, 1.807) is 13.0 Å². The molecule has 0 aromatic heterocycles. The van der Waals surface area contributed by atoms with Crippen LogP contribution in [0.1, 0.15) is 33.2 Å². The maximum Gasteiger partial charge on any atom is 0.343 e. The number of hydrogen-bond acceptors (Lipinski definition) is 8. The number of ketones is 1. The molecule has 0 aliphatic heterocycles. The summed E-state index contributed by atoms with van der Waals surface area (Å²) in [4.78, 5) is 25.1. The van der Waals surface area contributed by atoms with Crippen LogP contribution in [0, 0.1) is 6.92 Å². The highest BCUT2D eigenvalue weighted by Gasteiger charge is 2.25. The van der Waals surface area contributed by atoms with Gasteiger partial charge in [-0.05, 0) is 26.0 Å². The number of carbonyl (C=O) groups excluding carboxylic acids is 2. The average Bonchev–Trinajstić information content (AvgIpc) is 2.73. The summed E-state index contributed by atoms with van der Waals surface area (Å²) in [6, 6.07) is 4.50. The van der Waals surface area contributed by atoms with E-state index in [2.05, 4.69) is 0 Å². The molecule has 0 radical (unpaired) electrons. The van der Waals surface area contributed by atoms with Crippen molar-refractivity contribution in [3.05, 3.63) is 34.9 Å². The molecule has 2 aromatic carbocycles. The lowest BCUT2D eigenvalue weighted by Crippen LogP contribution is -2.14. The number of rotatable bonds is 8. The number of esters is 1. The van der Waals surface area contributed by atoms with Gasteiger partial charge in [-0.25, -0.2) is 4.79 Å². The Morgan fingerprint density at radius 3 is 1.62 bits per heavy atom. The van der Waals surface area contributed by atoms with Gasteiger partial charge in [0.25, 0.3) is 0 Å². The Balaban J connectivity index is 2.60. The SMILES string of the molecule is COc1cc(OC)c(C(C)=O)c(OC(=O)c2cc(OC)c(OC)c(OC)c2)c1C. The highest BCUT2D eigenvalue weighted by molar-refractivity contribution is 6.02. The fourth-order valence-electron chi connectivity index (χ4n) is 2.90. The van der Waals surface area contributed by atoms with Gasteiger partial charge in [0.15, 0.2) is 23.0 Å². The van der Waals surface area contributed by atoms with Gasteiger partial charge in [0.1, 0.15) is 17.1 Å². The standard InChI is InChI=1S/C21H24O8/c1-11-14(24-3)10-15(25-4)18(12(2)22)19(11)29-21(23)13-8-16(26-5)20(28-7)17(9-13)27-6/h8-10H,1-7H3. The van der Waals surface area contributed by atoms with E-state index in [0.29, 0.717) is 28.6 Å². The van der Waals surface area contributed by atoms with Crippen molar-refractivity contribution in [1.29, 1.82) is 0 Å². The molecule has 29 heavy (non-hydrogen) atoms. The summed E-state index contributed by atoms with van der Waals surface area (Å²) in [5, 5.41) is 0. The number of methoxy groups -OCH3 is 5. The quantitative estimate of drug-likeness (QED) is 0.375. The lowest BCUT2D eigenvalue weighted by atomic mass is 10.0. The topological polar surface area (TPSA) is 89.5 Å². The molecule has 2 rings (SSSR count). The predicted molar refractivity (Wildman–Crippen MR) is 105 cm³/mol. The van der Waals surface area contributed by atoms with E-state index in [9.17, 15) is 9.59 Å². The van der Waals surface area contributed by atoms with Crippen LogP contribution < -0.4 is 28.4 Å². The Morgan fingerprint density at radius 2 is 1.21 bits per heavy atom. The minimum atomic E-state index is -0.717. The largest absolute Gasteiger partial charge is 0.496 e. The maximum atomic E-state index is 12.9. The summed E-state index contributed by atoms with van der Waals surface area (Å²) < 4.78 is 32.0. The van der Waals surface area contributed by atoms with Crippen molar-refractivity contribution >= 4 is 11.8 Å². The molecular formula is C21H24O8. The summed E-state index contributed by atoms with van der Waals surface area (Å²) in [6.07, 6.45) is 0. The van der Waals surface area contributed by atoms with Gasteiger partial charge in [0.05, 0.1) is 41.1 Å². The molecule has 2 aromatic rings. The lowest BCUT2D eigenvalue weighted by molar-refractivity contribution is 0.0729. The smallest absolute Gasteiger partial charge is 0.343 e. The third-order valence-corrected chi connectivity index (χ3v) is 4.33. The van der Waals surface area contributed by atoms with Crippen molar-refractivity contribution in [2.24, 2.45) is 0 Å². The van der Waals surface area contributed by atoms with Gasteiger partial charge in [-0.3, -0.25) is 4.79 Å². The zero-order valence-corrected chi connectivity index (χ0v) is 17.5. The van der Waals surface area contributed by atoms with E-state index in [0.717, 1.165) is 0 Å². The lowest BCUT2D eigenvalue weighted by Gasteiger charge is -2.18. The highest BCUT2D eigenvalue weighted by Crippen LogP contribution is 2.41. The minimum Gasteiger partial charge on any atom is -0.496 e. The number of Topliss-reactive ketones (excluding diaryl/α,β-unsaturated/α-hetero) is 1. The first kappa shape index (κ1) is 21.9. The summed E-state index contributed by atoms with van der Waals surface area (Å²) in [5.74, 6) is 0.622. The molecule has 0 heterocycles. The van der Waals surface area contributed by atoms with Crippen molar-refractivity contribution in [3.63, 3.8) is 0 Å². The molecule has 0 aliphatic carbocycles. The third-order valence-electron chi connectivity index (χ3n) is 4.33. The molecule has 0 spiro atoms. The van der Waals surface area contributed by atoms with Gasteiger partial charge in [0, 0.05) is 11.6 Å². The monoisotopic (exact) mass is 404 g/mol. The first-order chi connectivity index (χ1) is 13.8. The fraction of sp³-hybridized carbons (Fsp3) is 0.333. The number of ether oxygens (including phenoxy) is 6. The van der Waals surface area contributed by atoms with Gasteiger partial charge in [-0.1, -0.05) is 0 Å². The van der Waals surface area contributed by atoms with Crippen LogP contribution in [0.3, 0.4) is 0 Å². The van der Waals surface area contributed by atoms with E-state index in [1.807, 2.05) is 0 Å². The third kappa shape index (κ3) is 4.21. The summed E-state index contributed by atoms with van der Waals surface area (Å²) in [5.41, 5.74) is 0.779. The summed E-state index contributed by atoms with van der Waals surface area (Å²) in [6.45, 7) is 3.04. The minimum absolute atomic E-state index is 0.0625. The highest BCUT2D eigenvalue weighted by atomic mass is 16.5. The van der Waals surface area contributed by atoms with Crippen LogP contribution in [0.4, 0.5) is 0 Å². The Morgan fingerprint density at radius 1 is 0.690 bits per heavy atom. The molecule has 0 aliphatic rings. The molecule has 0 amide bonds. The molecule has 8 heteroatoms. The molecule has 0 fully saturated rings. The first-order valence-electron chi connectivity index (χ1n) is 8.61. The molecule has 0 saturated carbocycles. The second-order valence-corrected chi connectivity index (χ2v) is 5.97. The van der Waals surface area contributed by atoms with E-state index in [4.69, 9.17) is 28.4 Å². The number of hydrogen-bond donors (Lipinski definition) is 0. The molecule has 0 saturated heterocycles. The van der Waals surface area contributed by atoms with Gasteiger partial charge in [0.2, 0.25) is 5.75 Å². The van der Waals surface area contributed by atoms with Gasteiger partial charge in [-0.2, -0.15) is 0 Å². The Hall–Kier alpha value is -3.42. The molecular weight excluding hydrogens is 380 g/mol. The van der Waals surface area contributed by atoms with Gasteiger partial charge in [-0.15, -0.1) is 0 Å². The number of benzene rings is 2. The zero-order chi connectivity index (χ0) is 21.7. The van der Waals surface area contributed by atoms with E-state index in [-0.39, 0.29) is 28.4 Å². The van der Waals surface area contributed by atoms with E-state index < -0.39 is 5.97 Å². The Bertz CT molecular complexity index is 908. The second-order valence-electron chi connectivity index (χ2n) is 5.97. The second kappa shape index (κ2) is 9.18. The van der Waals surface area contributed by atoms with Crippen molar-refractivity contribution in [3.8, 4) is 34.5 Å². The number of carbonyl (C=O) groups is 2. The van der Waals surface area contributed by atoms with E-state index >= 15 is 0 Å². The fourth-order valence-corrected chi connectivity index (χ4v) is 2.90. The first-order valence-corrected chi connectivity index (χ1v) is 8.61. The Labute approximate surface area is 169 Å². The van der Waals surface area contributed by atoms with E-state index in [1.165, 1.54) is 54.6 Å². The van der Waals surface area contributed by atoms with Crippen molar-refractivity contribution in [1.82, 2.24) is 0 Å². The zero-order valence-electron chi connectivity index (χ0n) is 17.5. The molecule has 8 nitrogen and oxygen atoms in total. The van der Waals surface area contributed by atoms with Crippen molar-refractivity contribution < 1.29 is 38.0 Å². The molecule has 156 valence electrons. The van der Waals surface area contributed by atoms with Crippen LogP contribution >= 0.6 is 0 Å². The summed E-state index contributed by atoms with van der Waals surface area (Å²) in [7, 11) is 7.24. The van der Waals surface area contributed by atoms with Crippen LogP contribution in [0.2, 0.25) is 0 Å². The maximum absolute atomic E-state index is 12.9. The molecule has 0 bridgehead atoms. The van der Waals surface area contributed by atoms with Gasteiger partial charge >= 0.3 is 5.97 Å². The Kier molecular flexibility index (Phi) is 6.93. The van der Waals surface area contributed by atoms with Crippen LogP contribution in [0.25, 0.3) is 0 Å². The van der Waals surface area contributed by atoms with Crippen LogP contribution in [-0.2, 0) is 0 Å². The normalized spacial score (nSPS) is 10.2. The molecule has 0 unspecified atom stereocenters. The van der Waals surface area contributed by atoms with Crippen LogP contribution in [-0.4, -0.2) is 47.3 Å². The summed E-state index contributed by atoms with van der Waals surface area (Å²) >= 11 is 0. The molecule has 0 N–H and O–H groups in total. The van der Waals surface area contributed by atoms with Crippen LogP contribution in [0.15, 0.2) is 18.2 Å². The van der Waals surface area contributed by atoms with Crippen molar-refractivity contribution in [2.75, 3.05) is 35.5 Å². The van der Waals surface area contributed by atoms with Gasteiger partial charge < -0.3 is 28.4 Å². The average molecular weight is 404 g/mol. The van der Waals surface area contributed by atoms with Crippen LogP contribution in [0.5, 0.6) is 34.5 Å². The van der Waals surface area contributed by atoms with Crippen molar-refractivity contribution in [2.45, 2.75) is 13.8 Å².